The van der Waals surface area contributed by atoms with Crippen LogP contribution in [0.25, 0.3) is 12.2 Å². The lowest BCUT2D eigenvalue weighted by atomic mass is 9.83. The van der Waals surface area contributed by atoms with E-state index in [4.69, 9.17) is 24.7 Å². The molecule has 0 aliphatic heterocycles. The standard InChI is InChI=1S/C30H33NO7/c1-20(2)30(31,29(33)34)28(32)19-38-25-13-9-22(10-14-25)18-37-27-16-23(15-26(17-27)36-4)6-5-21-7-11-24(35-3)12-8-21/h5-17,20H,18-19,31H2,1-4H3,(H,33,34)/t30-/m0/s1. The molecule has 8 nitrogen and oxygen atoms in total. The van der Waals surface area contributed by atoms with Crippen molar-refractivity contribution in [3.8, 4) is 23.0 Å². The Morgan fingerprint density at radius 3 is 1.97 bits per heavy atom. The molecule has 38 heavy (non-hydrogen) atoms. The number of aliphatic carboxylic acids is 1. The van der Waals surface area contributed by atoms with E-state index in [1.54, 1.807) is 52.3 Å². The molecule has 200 valence electrons. The van der Waals surface area contributed by atoms with Crippen molar-refractivity contribution in [2.45, 2.75) is 26.0 Å². The highest BCUT2D eigenvalue weighted by Crippen LogP contribution is 2.26. The van der Waals surface area contributed by atoms with E-state index in [2.05, 4.69) is 0 Å². The first kappa shape index (κ1) is 28.3. The normalized spacial score (nSPS) is 12.7. The Kier molecular flexibility index (Phi) is 9.51. The average Bonchev–Trinajstić information content (AvgIpc) is 2.93. The van der Waals surface area contributed by atoms with Crippen molar-refractivity contribution in [1.29, 1.82) is 0 Å². The van der Waals surface area contributed by atoms with E-state index in [0.29, 0.717) is 23.9 Å². The molecule has 3 N–H and O–H groups in total. The maximum atomic E-state index is 12.4. The highest BCUT2D eigenvalue weighted by Gasteiger charge is 2.45. The number of ketones is 1. The zero-order valence-corrected chi connectivity index (χ0v) is 22.0. The Balaban J connectivity index is 1.61. The fourth-order valence-corrected chi connectivity index (χ4v) is 3.60. The molecule has 0 spiro atoms. The van der Waals surface area contributed by atoms with Gasteiger partial charge in [-0.15, -0.1) is 0 Å². The van der Waals surface area contributed by atoms with Crippen LogP contribution in [0.1, 0.15) is 30.5 Å². The molecule has 3 rings (SSSR count). The molecule has 0 heterocycles. The van der Waals surface area contributed by atoms with Crippen molar-refractivity contribution >= 4 is 23.9 Å². The molecule has 0 bridgehead atoms. The summed E-state index contributed by atoms with van der Waals surface area (Å²) < 4.78 is 22.1. The second-order valence-electron chi connectivity index (χ2n) is 9.02. The van der Waals surface area contributed by atoms with E-state index in [0.717, 1.165) is 22.4 Å². The summed E-state index contributed by atoms with van der Waals surface area (Å²) in [5, 5.41) is 9.38. The van der Waals surface area contributed by atoms with E-state index in [-0.39, 0.29) is 0 Å². The molecular weight excluding hydrogens is 486 g/mol. The topological polar surface area (TPSA) is 117 Å². The fraction of sp³-hybridized carbons (Fsp3) is 0.267. The molecular formula is C30H33NO7. The van der Waals surface area contributed by atoms with Crippen LogP contribution < -0.4 is 24.7 Å². The second kappa shape index (κ2) is 12.8. The van der Waals surface area contributed by atoms with Crippen LogP contribution in [-0.2, 0) is 16.2 Å². The maximum absolute atomic E-state index is 12.4. The quantitative estimate of drug-likeness (QED) is 0.243. The van der Waals surface area contributed by atoms with E-state index >= 15 is 0 Å². The molecule has 3 aromatic carbocycles. The highest BCUT2D eigenvalue weighted by atomic mass is 16.5. The number of benzene rings is 3. The van der Waals surface area contributed by atoms with E-state index in [1.807, 2.05) is 54.6 Å². The Hall–Kier alpha value is -4.30. The van der Waals surface area contributed by atoms with Gasteiger partial charge in [0.2, 0.25) is 5.78 Å². The summed E-state index contributed by atoms with van der Waals surface area (Å²) in [6.45, 7) is 3.03. The predicted octanol–water partition coefficient (Wildman–Crippen LogP) is 4.84. The molecule has 0 fully saturated rings. The van der Waals surface area contributed by atoms with Crippen molar-refractivity contribution < 1.29 is 33.6 Å². The zero-order valence-electron chi connectivity index (χ0n) is 22.0. The van der Waals surface area contributed by atoms with Gasteiger partial charge in [0.1, 0.15) is 36.2 Å². The molecule has 0 radical (unpaired) electrons. The van der Waals surface area contributed by atoms with Crippen LogP contribution in [0.4, 0.5) is 0 Å². The van der Waals surface area contributed by atoms with Gasteiger partial charge in [0, 0.05) is 6.07 Å². The number of hydrogen-bond acceptors (Lipinski definition) is 7. The van der Waals surface area contributed by atoms with Gasteiger partial charge in [-0.25, -0.2) is 4.79 Å². The number of hydrogen-bond donors (Lipinski definition) is 2. The first-order valence-electron chi connectivity index (χ1n) is 12.1. The minimum absolute atomic E-state index is 0.298. The third kappa shape index (κ3) is 7.14. The lowest BCUT2D eigenvalue weighted by molar-refractivity contribution is -0.151. The van der Waals surface area contributed by atoms with Gasteiger partial charge < -0.3 is 29.8 Å². The highest BCUT2D eigenvalue weighted by molar-refractivity contribution is 6.08. The van der Waals surface area contributed by atoms with Crippen LogP contribution in [-0.4, -0.2) is 43.2 Å². The number of carboxylic acid groups (broad SMARTS) is 1. The SMILES string of the molecule is COc1ccc(C=Cc2cc(OC)cc(OCc3ccc(OCC(=O)[C@](N)(C(=O)O)C(C)C)cc3)c2)cc1. The average molecular weight is 520 g/mol. The summed E-state index contributed by atoms with van der Waals surface area (Å²) >= 11 is 0. The second-order valence-corrected chi connectivity index (χ2v) is 9.02. The van der Waals surface area contributed by atoms with E-state index < -0.39 is 29.8 Å². The number of nitrogens with two attached hydrogens (primary N) is 1. The predicted molar refractivity (Wildman–Crippen MR) is 146 cm³/mol. The van der Waals surface area contributed by atoms with E-state index in [9.17, 15) is 14.7 Å². The number of carbonyl (C=O) groups excluding carboxylic acids is 1. The van der Waals surface area contributed by atoms with Crippen molar-refractivity contribution in [3.05, 3.63) is 83.4 Å². The number of carboxylic acids is 1. The van der Waals surface area contributed by atoms with Crippen LogP contribution in [0.15, 0.2) is 66.7 Å². The zero-order chi connectivity index (χ0) is 27.7. The lowest BCUT2D eigenvalue weighted by Crippen LogP contribution is -2.60. The number of Topliss-reactive ketones (excluding diaryl/α,β-unsaturated/α-hetero) is 1. The monoisotopic (exact) mass is 519 g/mol. The maximum Gasteiger partial charge on any atom is 0.331 e. The van der Waals surface area contributed by atoms with Crippen molar-refractivity contribution in [1.82, 2.24) is 0 Å². The molecule has 0 saturated carbocycles. The van der Waals surface area contributed by atoms with Gasteiger partial charge in [-0.3, -0.25) is 4.79 Å². The van der Waals surface area contributed by atoms with Crippen molar-refractivity contribution in [2.24, 2.45) is 11.7 Å². The largest absolute Gasteiger partial charge is 0.497 e. The summed E-state index contributed by atoms with van der Waals surface area (Å²) in [5.41, 5.74) is 6.67. The minimum atomic E-state index is -1.99. The molecule has 0 aliphatic carbocycles. The number of methoxy groups -OCH3 is 2. The van der Waals surface area contributed by atoms with Crippen molar-refractivity contribution in [3.63, 3.8) is 0 Å². The van der Waals surface area contributed by atoms with Gasteiger partial charge in [0.05, 0.1) is 14.2 Å². The van der Waals surface area contributed by atoms with Crippen LogP contribution in [0.2, 0.25) is 0 Å². The summed E-state index contributed by atoms with van der Waals surface area (Å²) in [6.07, 6.45) is 3.97. The molecule has 3 aromatic rings. The Morgan fingerprint density at radius 2 is 1.39 bits per heavy atom. The lowest BCUT2D eigenvalue weighted by Gasteiger charge is -2.27. The van der Waals surface area contributed by atoms with Gasteiger partial charge in [-0.05, 0) is 59.0 Å². The molecule has 0 unspecified atom stereocenters. The van der Waals surface area contributed by atoms with Gasteiger partial charge in [0.25, 0.3) is 0 Å². The van der Waals surface area contributed by atoms with Crippen LogP contribution >= 0.6 is 0 Å². The minimum Gasteiger partial charge on any atom is -0.497 e. The van der Waals surface area contributed by atoms with Gasteiger partial charge >= 0.3 is 5.97 Å². The van der Waals surface area contributed by atoms with Crippen LogP contribution in [0.5, 0.6) is 23.0 Å². The van der Waals surface area contributed by atoms with Crippen molar-refractivity contribution in [2.75, 3.05) is 20.8 Å². The summed E-state index contributed by atoms with van der Waals surface area (Å²) in [7, 11) is 3.24. The molecule has 0 amide bonds. The van der Waals surface area contributed by atoms with Crippen LogP contribution in [0, 0.1) is 5.92 Å². The fourth-order valence-electron chi connectivity index (χ4n) is 3.60. The molecule has 8 heteroatoms. The molecule has 1 atom stereocenters. The van der Waals surface area contributed by atoms with Gasteiger partial charge in [-0.1, -0.05) is 50.3 Å². The summed E-state index contributed by atoms with van der Waals surface area (Å²) in [6, 6.07) is 20.4. The first-order chi connectivity index (χ1) is 18.1. The van der Waals surface area contributed by atoms with Gasteiger partial charge in [-0.2, -0.15) is 0 Å². The Labute approximate surface area is 222 Å². The Morgan fingerprint density at radius 1 is 0.816 bits per heavy atom. The number of rotatable bonds is 13. The van der Waals surface area contributed by atoms with E-state index in [1.165, 1.54) is 0 Å². The third-order valence-corrected chi connectivity index (χ3v) is 6.15. The first-order valence-corrected chi connectivity index (χ1v) is 12.1. The molecule has 0 aliphatic rings. The number of carbonyl (C=O) groups is 2. The van der Waals surface area contributed by atoms with Crippen LogP contribution in [0.3, 0.4) is 0 Å². The number of ether oxygens (including phenoxy) is 4. The molecule has 0 saturated heterocycles. The smallest absolute Gasteiger partial charge is 0.331 e. The summed E-state index contributed by atoms with van der Waals surface area (Å²) in [4.78, 5) is 23.9. The van der Waals surface area contributed by atoms with Gasteiger partial charge in [0.15, 0.2) is 5.54 Å². The summed E-state index contributed by atoms with van der Waals surface area (Å²) in [5.74, 6) is -0.103. The third-order valence-electron chi connectivity index (χ3n) is 6.15. The Bertz CT molecular complexity index is 1270. The molecule has 0 aromatic heterocycles.